The molecule has 98 valence electrons. The molecule has 0 atom stereocenters. The van der Waals surface area contributed by atoms with Crippen LogP contribution in [0.2, 0.25) is 0 Å². The summed E-state index contributed by atoms with van der Waals surface area (Å²) in [6.45, 7) is 3.10. The van der Waals surface area contributed by atoms with Gasteiger partial charge in [-0.25, -0.2) is 4.79 Å². The van der Waals surface area contributed by atoms with Crippen molar-refractivity contribution < 1.29 is 19.1 Å². The molecule has 0 spiro atoms. The average molecular weight is 251 g/mol. The summed E-state index contributed by atoms with van der Waals surface area (Å²) in [5.74, 6) is -1.03. The molecular formula is C13H17NO4. The highest BCUT2D eigenvalue weighted by atomic mass is 16.6. The van der Waals surface area contributed by atoms with Crippen molar-refractivity contribution in [3.8, 4) is 0 Å². The van der Waals surface area contributed by atoms with E-state index >= 15 is 0 Å². The third kappa shape index (κ3) is 5.34. The first kappa shape index (κ1) is 14.0. The lowest BCUT2D eigenvalue weighted by atomic mass is 10.1. The van der Waals surface area contributed by atoms with Crippen LogP contribution in [0.5, 0.6) is 0 Å². The predicted octanol–water partition coefficient (Wildman–Crippen LogP) is 1.31. The fraction of sp³-hybridized carbons (Fsp3) is 0.385. The quantitative estimate of drug-likeness (QED) is 0.630. The van der Waals surface area contributed by atoms with E-state index in [-0.39, 0.29) is 19.1 Å². The van der Waals surface area contributed by atoms with Crippen LogP contribution in [0.3, 0.4) is 0 Å². The fourth-order valence-corrected chi connectivity index (χ4v) is 1.36. The Kier molecular flexibility index (Phi) is 5.17. The second-order valence-corrected chi connectivity index (χ2v) is 4.12. The molecule has 5 nitrogen and oxygen atoms in total. The van der Waals surface area contributed by atoms with Gasteiger partial charge in [0.05, 0.1) is 12.5 Å². The van der Waals surface area contributed by atoms with Gasteiger partial charge < -0.3 is 15.2 Å². The number of carbonyl (C=O) groups is 2. The Bertz CT molecular complexity index is 429. The number of rotatable bonds is 5. The molecule has 18 heavy (non-hydrogen) atoms. The molecule has 0 saturated carbocycles. The Hall–Kier alpha value is -2.04. The molecule has 0 aliphatic heterocycles. The van der Waals surface area contributed by atoms with Crippen molar-refractivity contribution in [2.24, 2.45) is 0 Å². The van der Waals surface area contributed by atoms with E-state index in [0.717, 1.165) is 5.56 Å². The van der Waals surface area contributed by atoms with Crippen LogP contribution in [0.4, 0.5) is 5.69 Å². The molecule has 0 radical (unpaired) electrons. The molecule has 0 aliphatic rings. The van der Waals surface area contributed by atoms with Gasteiger partial charge in [0, 0.05) is 5.69 Å². The third-order valence-corrected chi connectivity index (χ3v) is 2.02. The zero-order chi connectivity index (χ0) is 13.5. The third-order valence-electron chi connectivity index (χ3n) is 2.02. The topological polar surface area (TPSA) is 78.6 Å². The maximum Gasteiger partial charge on any atom is 0.344 e. The van der Waals surface area contributed by atoms with Crippen molar-refractivity contribution in [3.05, 3.63) is 29.8 Å². The molecule has 0 bridgehead atoms. The van der Waals surface area contributed by atoms with Crippen molar-refractivity contribution in [1.82, 2.24) is 0 Å². The highest BCUT2D eigenvalue weighted by Gasteiger charge is 2.10. The zero-order valence-electron chi connectivity index (χ0n) is 10.5. The number of hydrogen-bond acceptors (Lipinski definition) is 5. The molecule has 5 heteroatoms. The van der Waals surface area contributed by atoms with Crippen molar-refractivity contribution in [2.75, 3.05) is 12.3 Å². The second kappa shape index (κ2) is 6.64. The Balaban J connectivity index is 2.36. The molecule has 0 unspecified atom stereocenters. The van der Waals surface area contributed by atoms with Crippen LogP contribution >= 0.6 is 0 Å². The molecular weight excluding hydrogens is 234 g/mol. The number of ether oxygens (including phenoxy) is 2. The Morgan fingerprint density at radius 1 is 1.28 bits per heavy atom. The van der Waals surface area contributed by atoms with Gasteiger partial charge in [-0.15, -0.1) is 0 Å². The van der Waals surface area contributed by atoms with Crippen LogP contribution < -0.4 is 5.73 Å². The maximum absolute atomic E-state index is 11.4. The van der Waals surface area contributed by atoms with E-state index in [2.05, 4.69) is 0 Å². The minimum Gasteiger partial charge on any atom is -0.460 e. The van der Waals surface area contributed by atoms with Gasteiger partial charge in [0.2, 0.25) is 0 Å². The Morgan fingerprint density at radius 3 is 2.61 bits per heavy atom. The molecule has 1 aromatic carbocycles. The lowest BCUT2D eigenvalue weighted by Crippen LogP contribution is -2.20. The van der Waals surface area contributed by atoms with Gasteiger partial charge in [-0.2, -0.15) is 0 Å². The van der Waals surface area contributed by atoms with Crippen LogP contribution in [0.15, 0.2) is 24.3 Å². The van der Waals surface area contributed by atoms with Gasteiger partial charge in [-0.05, 0) is 31.5 Å². The van der Waals surface area contributed by atoms with E-state index in [0.29, 0.717) is 5.69 Å². The van der Waals surface area contributed by atoms with Crippen molar-refractivity contribution in [2.45, 2.75) is 26.4 Å². The van der Waals surface area contributed by atoms with Gasteiger partial charge in [0.1, 0.15) is 0 Å². The van der Waals surface area contributed by atoms with Crippen molar-refractivity contribution in [1.29, 1.82) is 0 Å². The SMILES string of the molecule is CC(C)OC(=O)COC(=O)Cc1cccc(N)c1. The molecule has 0 heterocycles. The number of nitrogens with two attached hydrogens (primary N) is 1. The first-order valence-corrected chi connectivity index (χ1v) is 5.67. The molecule has 2 N–H and O–H groups in total. The fourth-order valence-electron chi connectivity index (χ4n) is 1.36. The van der Waals surface area contributed by atoms with E-state index in [1.54, 1.807) is 38.1 Å². The van der Waals surface area contributed by atoms with Crippen LogP contribution in [0, 0.1) is 0 Å². The molecule has 0 aliphatic carbocycles. The number of esters is 2. The van der Waals surface area contributed by atoms with Gasteiger partial charge in [-0.3, -0.25) is 4.79 Å². The van der Waals surface area contributed by atoms with E-state index in [1.807, 2.05) is 0 Å². The average Bonchev–Trinajstić information content (AvgIpc) is 2.25. The second-order valence-electron chi connectivity index (χ2n) is 4.12. The van der Waals surface area contributed by atoms with Gasteiger partial charge in [0.25, 0.3) is 0 Å². The summed E-state index contributed by atoms with van der Waals surface area (Å²) in [5.41, 5.74) is 6.92. The Morgan fingerprint density at radius 2 is 2.00 bits per heavy atom. The summed E-state index contributed by atoms with van der Waals surface area (Å²) in [6.07, 6.45) is -0.134. The first-order chi connectivity index (χ1) is 8.47. The van der Waals surface area contributed by atoms with Crippen LogP contribution in [0.25, 0.3) is 0 Å². The number of nitrogen functional groups attached to an aromatic ring is 1. The minimum atomic E-state index is -0.550. The minimum absolute atomic E-state index is 0.0833. The number of benzene rings is 1. The van der Waals surface area contributed by atoms with Gasteiger partial charge >= 0.3 is 11.9 Å². The van der Waals surface area contributed by atoms with E-state index in [1.165, 1.54) is 0 Å². The van der Waals surface area contributed by atoms with E-state index in [9.17, 15) is 9.59 Å². The number of anilines is 1. The van der Waals surface area contributed by atoms with Gasteiger partial charge in [0.15, 0.2) is 6.61 Å². The van der Waals surface area contributed by atoms with Crippen molar-refractivity contribution in [3.63, 3.8) is 0 Å². The summed E-state index contributed by atoms with van der Waals surface area (Å²) in [6, 6.07) is 6.94. The molecule has 0 aromatic heterocycles. The summed E-state index contributed by atoms with van der Waals surface area (Å²) >= 11 is 0. The van der Waals surface area contributed by atoms with Crippen LogP contribution in [-0.4, -0.2) is 24.6 Å². The van der Waals surface area contributed by atoms with Crippen LogP contribution in [-0.2, 0) is 25.5 Å². The molecule has 0 saturated heterocycles. The molecule has 1 rings (SSSR count). The molecule has 0 fully saturated rings. The highest BCUT2D eigenvalue weighted by Crippen LogP contribution is 2.07. The number of carbonyl (C=O) groups excluding carboxylic acids is 2. The maximum atomic E-state index is 11.4. The summed E-state index contributed by atoms with van der Waals surface area (Å²) in [4.78, 5) is 22.6. The monoisotopic (exact) mass is 251 g/mol. The van der Waals surface area contributed by atoms with Crippen molar-refractivity contribution >= 4 is 17.6 Å². The van der Waals surface area contributed by atoms with E-state index < -0.39 is 11.9 Å². The predicted molar refractivity (Wildman–Crippen MR) is 66.7 cm³/mol. The van der Waals surface area contributed by atoms with E-state index in [4.69, 9.17) is 15.2 Å². The Labute approximate surface area is 106 Å². The number of hydrogen-bond donors (Lipinski definition) is 1. The van der Waals surface area contributed by atoms with Gasteiger partial charge in [-0.1, -0.05) is 12.1 Å². The summed E-state index contributed by atoms with van der Waals surface area (Å²) < 4.78 is 9.63. The van der Waals surface area contributed by atoms with Crippen LogP contribution in [0.1, 0.15) is 19.4 Å². The lowest BCUT2D eigenvalue weighted by Gasteiger charge is -2.08. The molecule has 1 aromatic rings. The molecule has 0 amide bonds. The summed E-state index contributed by atoms with van der Waals surface area (Å²) in [7, 11) is 0. The highest BCUT2D eigenvalue weighted by molar-refractivity contribution is 5.78. The zero-order valence-corrected chi connectivity index (χ0v) is 10.5. The normalized spacial score (nSPS) is 10.2. The first-order valence-electron chi connectivity index (χ1n) is 5.67. The standard InChI is InChI=1S/C13H17NO4/c1-9(2)18-13(16)8-17-12(15)7-10-4-3-5-11(14)6-10/h3-6,9H,7-8,14H2,1-2H3. The lowest BCUT2D eigenvalue weighted by molar-refractivity contribution is -0.160. The largest absolute Gasteiger partial charge is 0.460 e. The summed E-state index contributed by atoms with van der Waals surface area (Å²) in [5, 5.41) is 0. The smallest absolute Gasteiger partial charge is 0.344 e.